The van der Waals surface area contributed by atoms with Gasteiger partial charge in [-0.25, -0.2) is 9.67 Å². The van der Waals surface area contributed by atoms with E-state index in [-0.39, 0.29) is 11.4 Å². The molecule has 0 bridgehead atoms. The molecule has 0 aliphatic carbocycles. The van der Waals surface area contributed by atoms with Crippen LogP contribution in [0, 0.1) is 0 Å². The van der Waals surface area contributed by atoms with Crippen molar-refractivity contribution in [2.45, 2.75) is 6.18 Å². The summed E-state index contributed by atoms with van der Waals surface area (Å²) in [6.45, 7) is 0. The van der Waals surface area contributed by atoms with Crippen LogP contribution in [0.25, 0.3) is 5.69 Å². The van der Waals surface area contributed by atoms with Crippen LogP contribution < -0.4 is 4.74 Å². The van der Waals surface area contributed by atoms with Crippen molar-refractivity contribution in [1.29, 1.82) is 0 Å². The molecule has 2 aromatic rings. The minimum atomic E-state index is -4.49. The number of carbonyl (C=O) groups is 1. The van der Waals surface area contributed by atoms with E-state index < -0.39 is 11.9 Å². The molecule has 2 rings (SSSR count). The second-order valence-corrected chi connectivity index (χ2v) is 3.56. The van der Waals surface area contributed by atoms with Crippen LogP contribution in [0.15, 0.2) is 24.5 Å². The Morgan fingerprint density at radius 1 is 1.37 bits per heavy atom. The molecule has 2 heterocycles. The minimum Gasteiger partial charge on any atom is -0.479 e. The molecular weight excluding hydrogens is 263 g/mol. The predicted molar refractivity (Wildman–Crippen MR) is 58.3 cm³/mol. The van der Waals surface area contributed by atoms with Gasteiger partial charge >= 0.3 is 6.18 Å². The van der Waals surface area contributed by atoms with E-state index in [9.17, 15) is 18.0 Å². The first-order valence-electron chi connectivity index (χ1n) is 5.08. The number of hydrogen-bond donors (Lipinski definition) is 0. The number of ether oxygens (including phenoxy) is 1. The van der Waals surface area contributed by atoms with Crippen LogP contribution >= 0.6 is 0 Å². The number of hydrogen-bond acceptors (Lipinski definition) is 4. The molecule has 0 N–H and O–H groups in total. The fourth-order valence-corrected chi connectivity index (χ4v) is 1.43. The smallest absolute Gasteiger partial charge is 0.433 e. The van der Waals surface area contributed by atoms with Crippen LogP contribution in [-0.4, -0.2) is 28.2 Å². The van der Waals surface area contributed by atoms with Crippen LogP contribution in [0.2, 0.25) is 0 Å². The van der Waals surface area contributed by atoms with Crippen LogP contribution in [0.5, 0.6) is 5.88 Å². The van der Waals surface area contributed by atoms with E-state index in [4.69, 9.17) is 4.74 Å². The zero-order valence-corrected chi connectivity index (χ0v) is 9.68. The van der Waals surface area contributed by atoms with Crippen molar-refractivity contribution in [2.75, 3.05) is 7.11 Å². The zero-order chi connectivity index (χ0) is 14.0. The van der Waals surface area contributed by atoms with Crippen molar-refractivity contribution in [2.24, 2.45) is 0 Å². The molecule has 0 amide bonds. The quantitative estimate of drug-likeness (QED) is 0.802. The highest BCUT2D eigenvalue weighted by molar-refractivity contribution is 5.78. The standard InChI is InChI=1S/C11H8F3N3O2/c1-19-10-7(6-18)5-17(16-10)8-2-3-9(15-4-8)11(12,13)14/h2-6H,1H3. The van der Waals surface area contributed by atoms with Crippen LogP contribution in [0.3, 0.4) is 0 Å². The maximum absolute atomic E-state index is 12.3. The fourth-order valence-electron chi connectivity index (χ4n) is 1.43. The summed E-state index contributed by atoms with van der Waals surface area (Å²) in [7, 11) is 1.34. The fraction of sp³-hybridized carbons (Fsp3) is 0.182. The van der Waals surface area contributed by atoms with E-state index in [0.717, 1.165) is 12.3 Å². The molecule has 0 aromatic carbocycles. The Kier molecular flexibility index (Phi) is 3.24. The second kappa shape index (κ2) is 4.71. The van der Waals surface area contributed by atoms with Crippen LogP contribution in [0.1, 0.15) is 16.1 Å². The summed E-state index contributed by atoms with van der Waals surface area (Å²) in [6, 6.07) is 2.04. The van der Waals surface area contributed by atoms with E-state index in [2.05, 4.69) is 10.1 Å². The first-order chi connectivity index (χ1) is 8.95. The molecule has 8 heteroatoms. The van der Waals surface area contributed by atoms with Gasteiger partial charge in [-0.05, 0) is 12.1 Å². The highest BCUT2D eigenvalue weighted by Crippen LogP contribution is 2.27. The van der Waals surface area contributed by atoms with E-state index in [0.29, 0.717) is 12.0 Å². The summed E-state index contributed by atoms with van der Waals surface area (Å²) in [6.07, 6.45) is -1.59. The van der Waals surface area contributed by atoms with E-state index in [1.165, 1.54) is 24.1 Å². The second-order valence-electron chi connectivity index (χ2n) is 3.56. The molecule has 0 saturated carbocycles. The lowest BCUT2D eigenvalue weighted by Gasteiger charge is -2.06. The Bertz CT molecular complexity index is 590. The van der Waals surface area contributed by atoms with Crippen molar-refractivity contribution in [3.05, 3.63) is 35.8 Å². The Hall–Kier alpha value is -2.38. The maximum Gasteiger partial charge on any atom is 0.433 e. The summed E-state index contributed by atoms with van der Waals surface area (Å²) in [5, 5.41) is 3.90. The average Bonchev–Trinajstić information content (AvgIpc) is 2.81. The minimum absolute atomic E-state index is 0.0925. The number of rotatable bonds is 3. The van der Waals surface area contributed by atoms with Gasteiger partial charge in [-0.2, -0.15) is 13.2 Å². The highest BCUT2D eigenvalue weighted by atomic mass is 19.4. The van der Waals surface area contributed by atoms with Crippen molar-refractivity contribution in [1.82, 2.24) is 14.8 Å². The molecule has 0 radical (unpaired) electrons. The van der Waals surface area contributed by atoms with Gasteiger partial charge in [0.2, 0.25) is 5.88 Å². The number of pyridine rings is 1. The molecule has 2 aromatic heterocycles. The Labute approximate surface area is 105 Å². The van der Waals surface area contributed by atoms with Crippen molar-refractivity contribution >= 4 is 6.29 Å². The van der Waals surface area contributed by atoms with Gasteiger partial charge in [-0.3, -0.25) is 4.79 Å². The molecule has 100 valence electrons. The molecule has 0 fully saturated rings. The van der Waals surface area contributed by atoms with Gasteiger partial charge in [0.25, 0.3) is 0 Å². The number of halogens is 3. The average molecular weight is 271 g/mol. The summed E-state index contributed by atoms with van der Waals surface area (Å²) in [5.74, 6) is 0.0925. The number of alkyl halides is 3. The predicted octanol–water partition coefficient (Wildman–Crippen LogP) is 2.11. The third-order valence-corrected chi connectivity index (χ3v) is 2.33. The summed E-state index contributed by atoms with van der Waals surface area (Å²) in [4.78, 5) is 14.0. The van der Waals surface area contributed by atoms with Gasteiger partial charge in [0.05, 0.1) is 24.6 Å². The molecule has 0 spiro atoms. The van der Waals surface area contributed by atoms with Crippen LogP contribution in [-0.2, 0) is 6.18 Å². The van der Waals surface area contributed by atoms with Gasteiger partial charge < -0.3 is 4.74 Å². The lowest BCUT2D eigenvalue weighted by Crippen LogP contribution is -2.08. The van der Waals surface area contributed by atoms with Crippen molar-refractivity contribution in [3.63, 3.8) is 0 Å². The number of methoxy groups -OCH3 is 1. The molecule has 0 aliphatic heterocycles. The van der Waals surface area contributed by atoms with E-state index in [1.54, 1.807) is 0 Å². The highest BCUT2D eigenvalue weighted by Gasteiger charge is 2.32. The lowest BCUT2D eigenvalue weighted by atomic mass is 10.3. The normalized spacial score (nSPS) is 11.4. The van der Waals surface area contributed by atoms with Crippen molar-refractivity contribution in [3.8, 4) is 11.6 Å². The van der Waals surface area contributed by atoms with E-state index >= 15 is 0 Å². The largest absolute Gasteiger partial charge is 0.479 e. The number of carbonyl (C=O) groups excluding carboxylic acids is 1. The van der Waals surface area contributed by atoms with Crippen molar-refractivity contribution < 1.29 is 22.7 Å². The number of aldehydes is 1. The first-order valence-corrected chi connectivity index (χ1v) is 5.08. The molecule has 0 aliphatic rings. The van der Waals surface area contributed by atoms with Gasteiger partial charge in [0, 0.05) is 6.20 Å². The monoisotopic (exact) mass is 271 g/mol. The first kappa shape index (κ1) is 13.1. The SMILES string of the molecule is COc1nn(-c2ccc(C(F)(F)F)nc2)cc1C=O. The summed E-state index contributed by atoms with van der Waals surface area (Å²) in [5.41, 5.74) is -0.507. The molecule has 19 heavy (non-hydrogen) atoms. The molecule has 0 atom stereocenters. The summed E-state index contributed by atoms with van der Waals surface area (Å²) >= 11 is 0. The van der Waals surface area contributed by atoms with Gasteiger partial charge in [-0.1, -0.05) is 0 Å². The number of nitrogens with zero attached hydrogens (tertiary/aromatic N) is 3. The topological polar surface area (TPSA) is 57.0 Å². The van der Waals surface area contributed by atoms with E-state index in [1.807, 2.05) is 0 Å². The lowest BCUT2D eigenvalue weighted by molar-refractivity contribution is -0.141. The van der Waals surface area contributed by atoms with Gasteiger partial charge in [0.1, 0.15) is 5.69 Å². The summed E-state index contributed by atoms with van der Waals surface area (Å²) < 4.78 is 43.1. The third kappa shape index (κ3) is 2.56. The Morgan fingerprint density at radius 3 is 2.53 bits per heavy atom. The van der Waals surface area contributed by atoms with Crippen LogP contribution in [0.4, 0.5) is 13.2 Å². The zero-order valence-electron chi connectivity index (χ0n) is 9.68. The Morgan fingerprint density at radius 2 is 2.11 bits per heavy atom. The van der Waals surface area contributed by atoms with Gasteiger partial charge in [-0.15, -0.1) is 5.10 Å². The molecule has 0 unspecified atom stereocenters. The molecule has 0 saturated heterocycles. The maximum atomic E-state index is 12.3. The van der Waals surface area contributed by atoms with Gasteiger partial charge in [0.15, 0.2) is 6.29 Å². The third-order valence-electron chi connectivity index (χ3n) is 2.33. The number of aromatic nitrogens is 3. The Balaban J connectivity index is 2.37. The molecular formula is C11H8F3N3O2. The molecule has 5 nitrogen and oxygen atoms in total.